The molecule has 0 aliphatic carbocycles. The molecule has 1 aliphatic rings. The topological polar surface area (TPSA) is 120 Å². The highest BCUT2D eigenvalue weighted by atomic mass is 32.2. The van der Waals surface area contributed by atoms with E-state index in [2.05, 4.69) is 5.32 Å². The molecule has 0 bridgehead atoms. The molecule has 0 amide bonds. The molecule has 0 aromatic heterocycles. The van der Waals surface area contributed by atoms with Gasteiger partial charge in [-0.15, -0.1) is 0 Å². The Morgan fingerprint density at radius 2 is 1.75 bits per heavy atom. The number of nitrogens with one attached hydrogen (secondary N) is 1. The Morgan fingerprint density at radius 1 is 1.09 bits per heavy atom. The molecule has 32 heavy (non-hydrogen) atoms. The summed E-state index contributed by atoms with van der Waals surface area (Å²) >= 11 is 1.44. The van der Waals surface area contributed by atoms with E-state index in [0.29, 0.717) is 19.0 Å². The second-order valence-electron chi connectivity index (χ2n) is 8.24. The van der Waals surface area contributed by atoms with Crippen LogP contribution < -0.4 is 10.1 Å². The molecular formula is C22H26N2O7S. The summed E-state index contributed by atoms with van der Waals surface area (Å²) in [4.78, 5) is 23.6. The monoisotopic (exact) mass is 462 g/mol. The SMILES string of the molecule is CC(C)(C)C(OCCOCCOc1ccc2c(c1)Sc1cc([N+](=O)[O-])ccc1N2)C(=O)O. The first-order chi connectivity index (χ1) is 15.1. The average molecular weight is 463 g/mol. The van der Waals surface area contributed by atoms with Gasteiger partial charge in [0, 0.05) is 21.9 Å². The van der Waals surface area contributed by atoms with Crippen molar-refractivity contribution in [3.05, 3.63) is 46.5 Å². The third-order valence-corrected chi connectivity index (χ3v) is 5.75. The van der Waals surface area contributed by atoms with Gasteiger partial charge in [0.15, 0.2) is 6.10 Å². The van der Waals surface area contributed by atoms with Crippen LogP contribution in [0.25, 0.3) is 0 Å². The van der Waals surface area contributed by atoms with Gasteiger partial charge in [0.1, 0.15) is 12.4 Å². The van der Waals surface area contributed by atoms with Gasteiger partial charge in [-0.3, -0.25) is 10.1 Å². The zero-order valence-electron chi connectivity index (χ0n) is 18.1. The van der Waals surface area contributed by atoms with Crippen LogP contribution in [0.5, 0.6) is 5.75 Å². The molecule has 0 spiro atoms. The van der Waals surface area contributed by atoms with E-state index in [1.165, 1.54) is 17.8 Å². The van der Waals surface area contributed by atoms with Crippen LogP contribution in [0.3, 0.4) is 0 Å². The molecule has 10 heteroatoms. The number of carbonyl (C=O) groups is 1. The Bertz CT molecular complexity index is 991. The van der Waals surface area contributed by atoms with Crippen molar-refractivity contribution in [2.24, 2.45) is 5.41 Å². The fraction of sp³-hybridized carbons (Fsp3) is 0.409. The lowest BCUT2D eigenvalue weighted by Crippen LogP contribution is -2.37. The summed E-state index contributed by atoms with van der Waals surface area (Å²) < 4.78 is 16.6. The number of non-ortho nitro benzene ring substituents is 1. The number of nitro groups is 1. The Kier molecular flexibility index (Phi) is 7.60. The minimum Gasteiger partial charge on any atom is -0.491 e. The first-order valence-corrected chi connectivity index (χ1v) is 10.9. The van der Waals surface area contributed by atoms with Crippen LogP contribution in [-0.2, 0) is 14.3 Å². The molecule has 2 aromatic carbocycles. The smallest absolute Gasteiger partial charge is 0.333 e. The van der Waals surface area contributed by atoms with Gasteiger partial charge in [-0.2, -0.15) is 0 Å². The van der Waals surface area contributed by atoms with E-state index < -0.39 is 22.4 Å². The van der Waals surface area contributed by atoms with Gasteiger partial charge in [-0.05, 0) is 29.7 Å². The fourth-order valence-corrected chi connectivity index (χ4v) is 4.14. The maximum Gasteiger partial charge on any atom is 0.333 e. The zero-order valence-corrected chi connectivity index (χ0v) is 18.9. The molecule has 1 aliphatic heterocycles. The van der Waals surface area contributed by atoms with E-state index in [1.807, 2.05) is 39.0 Å². The second kappa shape index (κ2) is 10.2. The summed E-state index contributed by atoms with van der Waals surface area (Å²) in [6, 6.07) is 10.3. The van der Waals surface area contributed by atoms with Gasteiger partial charge in [-0.1, -0.05) is 32.5 Å². The van der Waals surface area contributed by atoms with Crippen molar-refractivity contribution < 1.29 is 29.0 Å². The number of benzene rings is 2. The van der Waals surface area contributed by atoms with Gasteiger partial charge < -0.3 is 24.6 Å². The minimum absolute atomic E-state index is 0.0483. The molecule has 1 heterocycles. The summed E-state index contributed by atoms with van der Waals surface area (Å²) in [5.41, 5.74) is 1.28. The summed E-state index contributed by atoms with van der Waals surface area (Å²) in [6.07, 6.45) is -0.893. The lowest BCUT2D eigenvalue weighted by atomic mass is 9.89. The van der Waals surface area contributed by atoms with Crippen LogP contribution in [-0.4, -0.2) is 48.5 Å². The molecule has 9 nitrogen and oxygen atoms in total. The molecule has 0 saturated carbocycles. The van der Waals surface area contributed by atoms with Crippen molar-refractivity contribution >= 4 is 34.8 Å². The lowest BCUT2D eigenvalue weighted by molar-refractivity contribution is -0.385. The average Bonchev–Trinajstić information content (AvgIpc) is 2.72. The van der Waals surface area contributed by atoms with Crippen molar-refractivity contribution in [3.8, 4) is 5.75 Å². The molecule has 2 N–H and O–H groups in total. The van der Waals surface area contributed by atoms with Crippen molar-refractivity contribution in [2.75, 3.05) is 31.7 Å². The van der Waals surface area contributed by atoms with Crippen LogP contribution in [0, 0.1) is 15.5 Å². The molecule has 0 fully saturated rings. The third kappa shape index (κ3) is 6.12. The number of rotatable bonds is 10. The number of aliphatic carboxylic acids is 1. The van der Waals surface area contributed by atoms with E-state index in [-0.39, 0.29) is 18.9 Å². The Morgan fingerprint density at radius 3 is 2.41 bits per heavy atom. The summed E-state index contributed by atoms with van der Waals surface area (Å²) in [6.45, 7) is 6.53. The molecule has 172 valence electrons. The minimum atomic E-state index is -0.988. The number of nitro benzene ring substituents is 1. The number of hydrogen-bond donors (Lipinski definition) is 2. The predicted octanol–water partition coefficient (Wildman–Crippen LogP) is 4.71. The molecule has 0 saturated heterocycles. The Balaban J connectivity index is 1.44. The number of nitrogens with zero attached hydrogens (tertiary/aromatic N) is 1. The van der Waals surface area contributed by atoms with Crippen LogP contribution in [0.1, 0.15) is 20.8 Å². The lowest BCUT2D eigenvalue weighted by Gasteiger charge is -2.26. The van der Waals surface area contributed by atoms with Gasteiger partial charge in [0.05, 0.1) is 36.1 Å². The van der Waals surface area contributed by atoms with E-state index in [0.717, 1.165) is 21.2 Å². The maximum absolute atomic E-state index is 11.3. The second-order valence-corrected chi connectivity index (χ2v) is 9.32. The van der Waals surface area contributed by atoms with E-state index in [9.17, 15) is 20.0 Å². The van der Waals surface area contributed by atoms with Crippen LogP contribution in [0.2, 0.25) is 0 Å². The number of carboxylic acid groups (broad SMARTS) is 1. The highest BCUT2D eigenvalue weighted by Crippen LogP contribution is 2.46. The summed E-state index contributed by atoms with van der Waals surface area (Å²) in [5, 5.41) is 23.5. The van der Waals surface area contributed by atoms with Gasteiger partial charge >= 0.3 is 5.97 Å². The van der Waals surface area contributed by atoms with Gasteiger partial charge in [-0.25, -0.2) is 4.79 Å². The Hall–Kier alpha value is -2.82. The summed E-state index contributed by atoms with van der Waals surface area (Å²) in [5.74, 6) is -0.330. The maximum atomic E-state index is 11.3. The number of anilines is 2. The quantitative estimate of drug-likeness (QED) is 0.250. The number of hydrogen-bond acceptors (Lipinski definition) is 8. The van der Waals surface area contributed by atoms with Crippen LogP contribution in [0.4, 0.5) is 17.1 Å². The van der Waals surface area contributed by atoms with Crippen molar-refractivity contribution in [2.45, 2.75) is 36.7 Å². The summed E-state index contributed by atoms with van der Waals surface area (Å²) in [7, 11) is 0. The zero-order chi connectivity index (χ0) is 23.3. The van der Waals surface area contributed by atoms with E-state index in [1.54, 1.807) is 12.1 Å². The highest BCUT2D eigenvalue weighted by molar-refractivity contribution is 7.99. The van der Waals surface area contributed by atoms with Crippen LogP contribution in [0.15, 0.2) is 46.2 Å². The molecule has 1 unspecified atom stereocenters. The number of ether oxygens (including phenoxy) is 3. The molecule has 2 aromatic rings. The fourth-order valence-electron chi connectivity index (χ4n) is 3.09. The predicted molar refractivity (Wildman–Crippen MR) is 120 cm³/mol. The molecule has 0 radical (unpaired) electrons. The first kappa shape index (κ1) is 23.8. The Labute approximate surface area is 190 Å². The molecule has 1 atom stereocenters. The number of carboxylic acids is 1. The normalized spacial score (nSPS) is 13.5. The van der Waals surface area contributed by atoms with Gasteiger partial charge in [0.25, 0.3) is 5.69 Å². The van der Waals surface area contributed by atoms with Crippen molar-refractivity contribution in [3.63, 3.8) is 0 Å². The van der Waals surface area contributed by atoms with Crippen LogP contribution >= 0.6 is 11.8 Å². The van der Waals surface area contributed by atoms with Crippen molar-refractivity contribution in [1.82, 2.24) is 0 Å². The molecule has 3 rings (SSSR count). The molecular weight excluding hydrogens is 436 g/mol. The third-order valence-electron chi connectivity index (χ3n) is 4.64. The largest absolute Gasteiger partial charge is 0.491 e. The van der Waals surface area contributed by atoms with Gasteiger partial charge in [0.2, 0.25) is 0 Å². The van der Waals surface area contributed by atoms with E-state index >= 15 is 0 Å². The van der Waals surface area contributed by atoms with E-state index in [4.69, 9.17) is 14.2 Å². The first-order valence-electron chi connectivity index (χ1n) is 10.1. The number of fused-ring (bicyclic) bond motifs is 2. The van der Waals surface area contributed by atoms with Crippen molar-refractivity contribution in [1.29, 1.82) is 0 Å². The highest BCUT2D eigenvalue weighted by Gasteiger charge is 2.31. The standard InChI is InChI=1S/C22H26N2O7S/c1-22(2,3)20(21(25)26)31-11-9-29-8-10-30-15-5-7-17-19(13-15)32-18-12-14(24(27)28)4-6-16(18)23-17/h4-7,12-13,20,23H,8-11H2,1-3H3,(H,25,26).